The molecule has 1 amide bonds. The Hall–Kier alpha value is -2.15. The van der Waals surface area contributed by atoms with E-state index in [2.05, 4.69) is 5.32 Å². The van der Waals surface area contributed by atoms with Gasteiger partial charge in [0, 0.05) is 42.3 Å². The summed E-state index contributed by atoms with van der Waals surface area (Å²) in [5.41, 5.74) is 0.885. The molecule has 0 unspecified atom stereocenters. The molecule has 2 aromatic rings. The number of rotatable bonds is 5. The van der Waals surface area contributed by atoms with Crippen molar-refractivity contribution in [2.75, 3.05) is 19.8 Å². The smallest absolute Gasteiger partial charge is 0.270 e. The average molecular weight is 409 g/mol. The lowest BCUT2D eigenvalue weighted by atomic mass is 9.74. The molecule has 142 valence electrons. The van der Waals surface area contributed by atoms with Crippen LogP contribution >= 0.6 is 23.2 Å². The van der Waals surface area contributed by atoms with Gasteiger partial charge >= 0.3 is 0 Å². The Morgan fingerprint density at radius 2 is 1.81 bits per heavy atom. The molecule has 0 atom stereocenters. The van der Waals surface area contributed by atoms with Crippen molar-refractivity contribution in [2.45, 2.75) is 18.3 Å². The van der Waals surface area contributed by atoms with Gasteiger partial charge in [0.15, 0.2) is 0 Å². The van der Waals surface area contributed by atoms with Crippen LogP contribution < -0.4 is 5.32 Å². The van der Waals surface area contributed by atoms with Crippen LogP contribution in [0.15, 0.2) is 42.5 Å². The summed E-state index contributed by atoms with van der Waals surface area (Å²) < 4.78 is 5.49. The second-order valence-electron chi connectivity index (χ2n) is 6.50. The monoisotopic (exact) mass is 408 g/mol. The maximum Gasteiger partial charge on any atom is 0.270 e. The topological polar surface area (TPSA) is 81.5 Å². The largest absolute Gasteiger partial charge is 0.381 e. The molecule has 0 bridgehead atoms. The molecule has 1 N–H and O–H groups in total. The van der Waals surface area contributed by atoms with Gasteiger partial charge in [0.1, 0.15) is 0 Å². The number of carbonyl (C=O) groups excluding carboxylic acids is 1. The van der Waals surface area contributed by atoms with Crippen molar-refractivity contribution < 1.29 is 14.5 Å². The molecule has 0 aromatic heterocycles. The van der Waals surface area contributed by atoms with Crippen LogP contribution in [-0.2, 0) is 10.2 Å². The molecule has 1 saturated heterocycles. The number of halogens is 2. The molecule has 1 heterocycles. The van der Waals surface area contributed by atoms with Crippen molar-refractivity contribution in [3.05, 3.63) is 73.8 Å². The van der Waals surface area contributed by atoms with E-state index in [1.165, 1.54) is 18.2 Å². The minimum absolute atomic E-state index is 0.0502. The van der Waals surface area contributed by atoms with Crippen molar-refractivity contribution in [3.63, 3.8) is 0 Å². The second-order valence-corrected chi connectivity index (χ2v) is 7.35. The highest BCUT2D eigenvalue weighted by molar-refractivity contribution is 6.34. The summed E-state index contributed by atoms with van der Waals surface area (Å²) in [6, 6.07) is 11.4. The number of nitro benzene ring substituents is 1. The highest BCUT2D eigenvalue weighted by Gasteiger charge is 2.35. The Morgan fingerprint density at radius 1 is 1.15 bits per heavy atom. The molecular weight excluding hydrogens is 391 g/mol. The first-order valence-electron chi connectivity index (χ1n) is 8.47. The lowest BCUT2D eigenvalue weighted by Gasteiger charge is -2.38. The zero-order valence-corrected chi connectivity index (χ0v) is 15.9. The number of carbonyl (C=O) groups is 1. The van der Waals surface area contributed by atoms with E-state index < -0.39 is 4.92 Å². The highest BCUT2D eigenvalue weighted by Crippen LogP contribution is 2.35. The van der Waals surface area contributed by atoms with Gasteiger partial charge in [0.2, 0.25) is 0 Å². The van der Waals surface area contributed by atoms with E-state index >= 15 is 0 Å². The van der Waals surface area contributed by atoms with Crippen molar-refractivity contribution in [3.8, 4) is 0 Å². The number of benzene rings is 2. The SMILES string of the molecule is O=C(NCC1(c2ccc(Cl)cc2)CCOCC1)c1ccc([N+](=O)[O-])cc1Cl. The van der Waals surface area contributed by atoms with Crippen LogP contribution in [0.1, 0.15) is 28.8 Å². The van der Waals surface area contributed by atoms with Gasteiger partial charge in [-0.1, -0.05) is 35.3 Å². The Labute approximate surface area is 166 Å². The van der Waals surface area contributed by atoms with E-state index in [9.17, 15) is 14.9 Å². The second kappa shape index (κ2) is 8.25. The first kappa shape index (κ1) is 19.6. The maximum absolute atomic E-state index is 12.6. The molecule has 3 rings (SSSR count). The van der Waals surface area contributed by atoms with E-state index in [4.69, 9.17) is 27.9 Å². The van der Waals surface area contributed by atoms with Crippen molar-refractivity contribution >= 4 is 34.8 Å². The molecule has 0 radical (unpaired) electrons. The van der Waals surface area contributed by atoms with Crippen LogP contribution in [-0.4, -0.2) is 30.6 Å². The highest BCUT2D eigenvalue weighted by atomic mass is 35.5. The number of hydrogen-bond acceptors (Lipinski definition) is 4. The first-order chi connectivity index (χ1) is 12.9. The molecule has 0 aliphatic carbocycles. The number of amides is 1. The third-order valence-electron chi connectivity index (χ3n) is 4.90. The molecule has 1 fully saturated rings. The molecule has 0 spiro atoms. The maximum atomic E-state index is 12.6. The summed E-state index contributed by atoms with van der Waals surface area (Å²) in [7, 11) is 0. The number of ether oxygens (including phenoxy) is 1. The van der Waals surface area contributed by atoms with Crippen LogP contribution in [0.5, 0.6) is 0 Å². The van der Waals surface area contributed by atoms with E-state index in [1.54, 1.807) is 0 Å². The summed E-state index contributed by atoms with van der Waals surface area (Å²) in [5.74, 6) is -0.366. The Balaban J connectivity index is 1.78. The van der Waals surface area contributed by atoms with Crippen LogP contribution in [0.2, 0.25) is 10.0 Å². The molecule has 8 heteroatoms. The van der Waals surface area contributed by atoms with Crippen molar-refractivity contribution in [2.24, 2.45) is 0 Å². The lowest BCUT2D eigenvalue weighted by Crippen LogP contribution is -2.44. The summed E-state index contributed by atoms with van der Waals surface area (Å²) >= 11 is 12.1. The average Bonchev–Trinajstić information content (AvgIpc) is 2.67. The van der Waals surface area contributed by atoms with Gasteiger partial charge in [-0.3, -0.25) is 14.9 Å². The van der Waals surface area contributed by atoms with Crippen molar-refractivity contribution in [1.82, 2.24) is 5.32 Å². The van der Waals surface area contributed by atoms with Gasteiger partial charge in [-0.2, -0.15) is 0 Å². The van der Waals surface area contributed by atoms with Crippen LogP contribution in [0, 0.1) is 10.1 Å². The van der Waals surface area contributed by atoms with Gasteiger partial charge in [0.25, 0.3) is 11.6 Å². The van der Waals surface area contributed by atoms with E-state index in [-0.39, 0.29) is 27.6 Å². The van der Waals surface area contributed by atoms with Crippen LogP contribution in [0.25, 0.3) is 0 Å². The summed E-state index contributed by atoms with van der Waals surface area (Å²) in [6.45, 7) is 1.62. The third kappa shape index (κ3) is 4.40. The van der Waals surface area contributed by atoms with Crippen LogP contribution in [0.3, 0.4) is 0 Å². The number of nitro groups is 1. The Kier molecular flexibility index (Phi) is 5.99. The normalized spacial score (nSPS) is 15.9. The third-order valence-corrected chi connectivity index (χ3v) is 5.47. The van der Waals surface area contributed by atoms with Gasteiger partial charge in [-0.05, 0) is 36.6 Å². The summed E-state index contributed by atoms with van der Waals surface area (Å²) in [4.78, 5) is 22.9. The summed E-state index contributed by atoms with van der Waals surface area (Å²) in [6.07, 6.45) is 1.53. The van der Waals surface area contributed by atoms with Gasteiger partial charge in [-0.25, -0.2) is 0 Å². The predicted molar refractivity (Wildman–Crippen MR) is 104 cm³/mol. The number of nitrogens with zero attached hydrogens (tertiary/aromatic N) is 1. The van der Waals surface area contributed by atoms with E-state index in [0.29, 0.717) is 24.8 Å². The minimum atomic E-state index is -0.550. The standard InChI is InChI=1S/C19H18Cl2N2O4/c20-14-3-1-13(2-4-14)19(7-9-27-10-8-19)12-22-18(24)16-6-5-15(23(25)26)11-17(16)21/h1-6,11H,7-10,12H2,(H,22,24). The number of hydrogen-bond donors (Lipinski definition) is 1. The van der Waals surface area contributed by atoms with Gasteiger partial charge in [-0.15, -0.1) is 0 Å². The molecule has 0 saturated carbocycles. The fourth-order valence-corrected chi connectivity index (χ4v) is 3.67. The fourth-order valence-electron chi connectivity index (χ4n) is 3.28. The zero-order valence-electron chi connectivity index (χ0n) is 14.4. The fraction of sp³-hybridized carbons (Fsp3) is 0.316. The molecule has 2 aromatic carbocycles. The van der Waals surface area contributed by atoms with Gasteiger partial charge in [0.05, 0.1) is 15.5 Å². The van der Waals surface area contributed by atoms with E-state index in [0.717, 1.165) is 18.4 Å². The van der Waals surface area contributed by atoms with Crippen molar-refractivity contribution in [1.29, 1.82) is 0 Å². The first-order valence-corrected chi connectivity index (χ1v) is 9.23. The lowest BCUT2D eigenvalue weighted by molar-refractivity contribution is -0.384. The molecule has 1 aliphatic heterocycles. The predicted octanol–water partition coefficient (Wildman–Crippen LogP) is 4.38. The van der Waals surface area contributed by atoms with E-state index in [1.807, 2.05) is 24.3 Å². The Morgan fingerprint density at radius 3 is 2.41 bits per heavy atom. The zero-order chi connectivity index (χ0) is 19.4. The molecule has 27 heavy (non-hydrogen) atoms. The molecule has 6 nitrogen and oxygen atoms in total. The number of non-ortho nitro benzene ring substituents is 1. The quantitative estimate of drug-likeness (QED) is 0.587. The molecular formula is C19H18Cl2N2O4. The Bertz CT molecular complexity index is 849. The summed E-state index contributed by atoms with van der Waals surface area (Å²) in [5, 5.41) is 14.5. The number of nitrogens with one attached hydrogen (secondary N) is 1. The molecule has 1 aliphatic rings. The van der Waals surface area contributed by atoms with Gasteiger partial charge < -0.3 is 10.1 Å². The minimum Gasteiger partial charge on any atom is -0.381 e. The van der Waals surface area contributed by atoms with Crippen LogP contribution in [0.4, 0.5) is 5.69 Å².